The molecule has 122 valence electrons. The fraction of sp³-hybridized carbons (Fsp3) is 0.250. The highest BCUT2D eigenvalue weighted by molar-refractivity contribution is 9.11. The van der Waals surface area contributed by atoms with E-state index in [4.69, 9.17) is 28.3 Å². The fourth-order valence-corrected chi connectivity index (χ4v) is 4.35. The molecule has 3 rings (SSSR count). The Kier molecular flexibility index (Phi) is 5.61. The molecule has 9 heteroatoms. The summed E-state index contributed by atoms with van der Waals surface area (Å²) < 4.78 is 7.34. The quantitative estimate of drug-likeness (QED) is 0.456. The standard InChI is InChI=1S/C16H11B3Br2O2S2/c1-4-7(17)15(24)16(25)14(12(4)22)23-13-6(5-2-3-5)10(20)8(18)9(19)11(13)21/h5,22,24-25H,2-3H2,1H3. The number of hydrogen-bond acceptors (Lipinski definition) is 4. The van der Waals surface area contributed by atoms with Gasteiger partial charge in [0.2, 0.25) is 0 Å². The second-order valence-corrected chi connectivity index (χ2v) is 8.47. The molecule has 25 heavy (non-hydrogen) atoms. The van der Waals surface area contributed by atoms with E-state index < -0.39 is 0 Å². The van der Waals surface area contributed by atoms with Crippen LogP contribution in [0.5, 0.6) is 17.2 Å². The topological polar surface area (TPSA) is 29.5 Å². The lowest BCUT2D eigenvalue weighted by Gasteiger charge is -2.22. The van der Waals surface area contributed by atoms with Crippen LogP contribution in [0.1, 0.15) is 29.9 Å². The minimum absolute atomic E-state index is 0.0829. The highest BCUT2D eigenvalue weighted by Gasteiger charge is 2.33. The van der Waals surface area contributed by atoms with Crippen molar-refractivity contribution in [2.24, 2.45) is 0 Å². The first-order chi connectivity index (χ1) is 11.7. The maximum atomic E-state index is 10.5. The maximum absolute atomic E-state index is 10.5. The van der Waals surface area contributed by atoms with Crippen molar-refractivity contribution >= 4 is 97.0 Å². The minimum Gasteiger partial charge on any atom is -0.504 e. The molecule has 0 saturated heterocycles. The molecule has 0 bridgehead atoms. The number of ether oxygens (including phenoxy) is 1. The zero-order chi connectivity index (χ0) is 18.6. The first-order valence-corrected chi connectivity index (χ1v) is 9.91. The van der Waals surface area contributed by atoms with Crippen LogP contribution >= 0.6 is 57.1 Å². The van der Waals surface area contributed by atoms with Crippen LogP contribution in [0, 0.1) is 6.92 Å². The molecule has 0 aliphatic heterocycles. The molecule has 0 atom stereocenters. The van der Waals surface area contributed by atoms with Crippen LogP contribution in [0.4, 0.5) is 0 Å². The van der Waals surface area contributed by atoms with Gasteiger partial charge in [-0.3, -0.25) is 0 Å². The molecule has 2 aromatic rings. The van der Waals surface area contributed by atoms with Gasteiger partial charge in [0.05, 0.1) is 9.37 Å². The molecule has 0 amide bonds. The molecular weight excluding hydrogens is 481 g/mol. The van der Waals surface area contributed by atoms with Crippen molar-refractivity contribution in [1.29, 1.82) is 0 Å². The van der Waals surface area contributed by atoms with E-state index in [0.717, 1.165) is 18.4 Å². The number of phenols is 1. The lowest BCUT2D eigenvalue weighted by Crippen LogP contribution is -2.30. The Bertz CT molecular complexity index is 873. The highest BCUT2D eigenvalue weighted by atomic mass is 79.9. The monoisotopic (exact) mass is 490 g/mol. The Labute approximate surface area is 178 Å². The molecule has 2 nitrogen and oxygen atoms in total. The van der Waals surface area contributed by atoms with Gasteiger partial charge in [-0.15, -0.1) is 25.3 Å². The lowest BCUT2D eigenvalue weighted by molar-refractivity contribution is 0.396. The second-order valence-electron chi connectivity index (χ2n) is 5.99. The largest absolute Gasteiger partial charge is 0.504 e. The van der Waals surface area contributed by atoms with Gasteiger partial charge in [0, 0.05) is 14.9 Å². The van der Waals surface area contributed by atoms with Crippen molar-refractivity contribution in [3.63, 3.8) is 0 Å². The zero-order valence-corrected chi connectivity index (χ0v) is 18.2. The summed E-state index contributed by atoms with van der Waals surface area (Å²) in [5.74, 6) is 0.919. The third kappa shape index (κ3) is 3.30. The van der Waals surface area contributed by atoms with E-state index in [0.29, 0.717) is 52.4 Å². The minimum atomic E-state index is -0.0829. The average Bonchev–Trinajstić information content (AvgIpc) is 3.42. The average molecular weight is 492 g/mol. The fourth-order valence-electron chi connectivity index (χ4n) is 2.58. The van der Waals surface area contributed by atoms with Gasteiger partial charge in [-0.05, 0) is 47.2 Å². The lowest BCUT2D eigenvalue weighted by atomic mass is 9.79. The molecular formula is C16H11B3Br2O2S2. The predicted octanol–water partition coefficient (Wildman–Crippen LogP) is 2.85. The van der Waals surface area contributed by atoms with E-state index in [2.05, 4.69) is 57.1 Å². The Balaban J connectivity index is 2.24. The van der Waals surface area contributed by atoms with Crippen LogP contribution < -0.4 is 21.1 Å². The Morgan fingerprint density at radius 3 is 2.08 bits per heavy atom. The van der Waals surface area contributed by atoms with Gasteiger partial charge in [-0.2, -0.15) is 0 Å². The SMILES string of the molecule is [B]c1c(C)c(O)c(Oc2c(Br)c([B])c([B])c(Br)c2C2CC2)c(S)c1S. The third-order valence-corrected chi connectivity index (χ3v) is 7.01. The molecule has 0 spiro atoms. The molecule has 1 aliphatic carbocycles. The first-order valence-electron chi connectivity index (χ1n) is 7.43. The summed E-state index contributed by atoms with van der Waals surface area (Å²) >= 11 is 15.8. The van der Waals surface area contributed by atoms with Crippen molar-refractivity contribution < 1.29 is 9.84 Å². The smallest absolute Gasteiger partial charge is 0.183 e. The maximum Gasteiger partial charge on any atom is 0.183 e. The van der Waals surface area contributed by atoms with Crippen LogP contribution in [0.25, 0.3) is 0 Å². The number of phenolic OH excluding ortho intramolecular Hbond substituents is 1. The van der Waals surface area contributed by atoms with Gasteiger partial charge in [0.15, 0.2) is 11.5 Å². The van der Waals surface area contributed by atoms with Crippen molar-refractivity contribution in [3.8, 4) is 17.2 Å². The molecule has 0 aromatic heterocycles. The Morgan fingerprint density at radius 1 is 0.960 bits per heavy atom. The number of thiol groups is 2. The molecule has 1 aliphatic rings. The highest BCUT2D eigenvalue weighted by Crippen LogP contribution is 2.51. The van der Waals surface area contributed by atoms with Gasteiger partial charge in [-0.1, -0.05) is 32.3 Å². The van der Waals surface area contributed by atoms with Crippen molar-refractivity contribution in [3.05, 3.63) is 20.1 Å². The van der Waals surface area contributed by atoms with Crippen LogP contribution in [-0.2, 0) is 0 Å². The van der Waals surface area contributed by atoms with Crippen molar-refractivity contribution in [2.75, 3.05) is 0 Å². The second kappa shape index (κ2) is 7.14. The number of rotatable bonds is 3. The Morgan fingerprint density at radius 2 is 1.52 bits per heavy atom. The number of aromatic hydroxyl groups is 1. The zero-order valence-electron chi connectivity index (χ0n) is 13.2. The van der Waals surface area contributed by atoms with E-state index in [9.17, 15) is 5.11 Å². The normalized spacial score (nSPS) is 14.0. The van der Waals surface area contributed by atoms with E-state index in [1.807, 2.05) is 0 Å². The van der Waals surface area contributed by atoms with Gasteiger partial charge in [0.1, 0.15) is 29.3 Å². The summed E-state index contributed by atoms with van der Waals surface area (Å²) in [4.78, 5) is 0.796. The van der Waals surface area contributed by atoms with E-state index in [1.165, 1.54) is 0 Å². The molecule has 0 heterocycles. The third-order valence-electron chi connectivity index (χ3n) is 4.30. The van der Waals surface area contributed by atoms with Crippen molar-refractivity contribution in [2.45, 2.75) is 35.5 Å². The van der Waals surface area contributed by atoms with E-state index >= 15 is 0 Å². The Hall–Kier alpha value is -0.105. The van der Waals surface area contributed by atoms with Gasteiger partial charge in [0.25, 0.3) is 0 Å². The predicted molar refractivity (Wildman–Crippen MR) is 117 cm³/mol. The summed E-state index contributed by atoms with van der Waals surface area (Å²) in [7, 11) is 18.1. The summed E-state index contributed by atoms with van der Waals surface area (Å²) in [6, 6.07) is 0. The van der Waals surface area contributed by atoms with Gasteiger partial charge < -0.3 is 9.84 Å². The van der Waals surface area contributed by atoms with Crippen LogP contribution in [0.15, 0.2) is 18.7 Å². The summed E-state index contributed by atoms with van der Waals surface area (Å²) in [6.07, 6.45) is 2.06. The summed E-state index contributed by atoms with van der Waals surface area (Å²) in [6.45, 7) is 1.69. The molecule has 1 N–H and O–H groups in total. The number of hydrogen-bond donors (Lipinski definition) is 3. The molecule has 2 aromatic carbocycles. The molecule has 6 radical (unpaired) electrons. The van der Waals surface area contributed by atoms with Crippen molar-refractivity contribution in [1.82, 2.24) is 0 Å². The molecule has 1 saturated carbocycles. The number of halogens is 2. The van der Waals surface area contributed by atoms with Gasteiger partial charge >= 0.3 is 0 Å². The van der Waals surface area contributed by atoms with E-state index in [1.54, 1.807) is 6.92 Å². The summed E-state index contributed by atoms with van der Waals surface area (Å²) in [5.41, 5.74) is 2.58. The first kappa shape index (κ1) is 19.7. The van der Waals surface area contributed by atoms with Crippen LogP contribution in [-0.4, -0.2) is 28.6 Å². The van der Waals surface area contributed by atoms with Crippen LogP contribution in [0.2, 0.25) is 0 Å². The van der Waals surface area contributed by atoms with Gasteiger partial charge in [-0.25, -0.2) is 0 Å². The van der Waals surface area contributed by atoms with Crippen LogP contribution in [0.3, 0.4) is 0 Å². The molecule has 0 unspecified atom stereocenters. The molecule has 1 fully saturated rings. The number of benzene rings is 2. The summed E-state index contributed by atoms with van der Waals surface area (Å²) in [5, 5.41) is 10.5. The van der Waals surface area contributed by atoms with E-state index in [-0.39, 0.29) is 11.5 Å².